The number of rotatable bonds is 8. The van der Waals surface area contributed by atoms with Crippen LogP contribution in [0.3, 0.4) is 0 Å². The van der Waals surface area contributed by atoms with Crippen LogP contribution >= 0.6 is 11.6 Å². The third-order valence-corrected chi connectivity index (χ3v) is 4.88. The highest BCUT2D eigenvalue weighted by Gasteiger charge is 2.12. The lowest BCUT2D eigenvalue weighted by atomic mass is 10.0. The van der Waals surface area contributed by atoms with E-state index in [9.17, 15) is 0 Å². The van der Waals surface area contributed by atoms with E-state index in [4.69, 9.17) is 25.8 Å². The Labute approximate surface area is 171 Å². The molecule has 0 bridgehead atoms. The zero-order chi connectivity index (χ0) is 20.1. The highest BCUT2D eigenvalue weighted by Crippen LogP contribution is 2.33. The summed E-state index contributed by atoms with van der Waals surface area (Å²) in [5.41, 5.74) is 2.09. The molecule has 0 aromatic heterocycles. The molecule has 1 N–H and O–H groups in total. The molecule has 0 unspecified atom stereocenters. The first-order valence-electron chi connectivity index (χ1n) is 9.32. The lowest BCUT2D eigenvalue weighted by molar-refractivity contribution is 0.240. The molecular formula is C23H26ClNO3. The second kappa shape index (κ2) is 9.18. The standard InChI is InChI=1S/C23H26ClNO3/c1-15(2)28-21-10-9-16-7-5-6-8-18(16)19(21)14-25-13-17-11-22(26-3)23(27-4)12-20(17)24/h5-12,15,25H,13-14H2,1-4H3. The van der Waals surface area contributed by atoms with Gasteiger partial charge in [-0.2, -0.15) is 0 Å². The van der Waals surface area contributed by atoms with Crippen LogP contribution in [0.5, 0.6) is 17.2 Å². The summed E-state index contributed by atoms with van der Waals surface area (Å²) in [5.74, 6) is 2.19. The summed E-state index contributed by atoms with van der Waals surface area (Å²) in [5, 5.41) is 6.51. The summed E-state index contributed by atoms with van der Waals surface area (Å²) in [7, 11) is 3.22. The Balaban J connectivity index is 1.84. The van der Waals surface area contributed by atoms with Crippen LogP contribution in [0.2, 0.25) is 5.02 Å². The van der Waals surface area contributed by atoms with Crippen LogP contribution in [0.4, 0.5) is 0 Å². The molecule has 0 spiro atoms. The van der Waals surface area contributed by atoms with Crippen LogP contribution in [-0.2, 0) is 13.1 Å². The predicted molar refractivity (Wildman–Crippen MR) is 115 cm³/mol. The molecule has 5 heteroatoms. The van der Waals surface area contributed by atoms with Gasteiger partial charge in [0.25, 0.3) is 0 Å². The summed E-state index contributed by atoms with van der Waals surface area (Å²) in [6.07, 6.45) is 0.111. The highest BCUT2D eigenvalue weighted by molar-refractivity contribution is 6.31. The molecule has 0 atom stereocenters. The number of methoxy groups -OCH3 is 2. The Bertz CT molecular complexity index is 956. The van der Waals surface area contributed by atoms with Crippen LogP contribution in [0, 0.1) is 0 Å². The Morgan fingerprint density at radius 2 is 1.61 bits per heavy atom. The van der Waals surface area contributed by atoms with Crippen molar-refractivity contribution in [1.82, 2.24) is 5.32 Å². The van der Waals surface area contributed by atoms with Crippen LogP contribution in [0.15, 0.2) is 48.5 Å². The number of hydrogen-bond acceptors (Lipinski definition) is 4. The van der Waals surface area contributed by atoms with Gasteiger partial charge in [-0.15, -0.1) is 0 Å². The Hall–Kier alpha value is -2.43. The van der Waals surface area contributed by atoms with Gasteiger partial charge >= 0.3 is 0 Å². The van der Waals surface area contributed by atoms with E-state index in [1.54, 1.807) is 20.3 Å². The van der Waals surface area contributed by atoms with Gasteiger partial charge in [0.1, 0.15) is 5.75 Å². The second-order valence-electron chi connectivity index (χ2n) is 6.83. The first kappa shape index (κ1) is 20.3. The fourth-order valence-electron chi connectivity index (χ4n) is 3.22. The molecular weight excluding hydrogens is 374 g/mol. The molecule has 0 aliphatic carbocycles. The van der Waals surface area contributed by atoms with Gasteiger partial charge in [-0.3, -0.25) is 0 Å². The number of halogens is 1. The fraction of sp³-hybridized carbons (Fsp3) is 0.304. The quantitative estimate of drug-likeness (QED) is 0.536. The molecule has 0 radical (unpaired) electrons. The van der Waals surface area contributed by atoms with Crippen molar-refractivity contribution in [1.29, 1.82) is 0 Å². The second-order valence-corrected chi connectivity index (χ2v) is 7.24. The topological polar surface area (TPSA) is 39.7 Å². The van der Waals surface area contributed by atoms with Crippen molar-refractivity contribution in [2.24, 2.45) is 0 Å². The summed E-state index contributed by atoms with van der Waals surface area (Å²) in [6, 6.07) is 16.2. The average molecular weight is 400 g/mol. The predicted octanol–water partition coefficient (Wildman–Crippen LogP) is 5.59. The molecule has 3 aromatic rings. The van der Waals surface area contributed by atoms with Gasteiger partial charge in [0, 0.05) is 29.7 Å². The SMILES string of the molecule is COc1cc(Cl)c(CNCc2c(OC(C)C)ccc3ccccc23)cc1OC. The van der Waals surface area contributed by atoms with E-state index >= 15 is 0 Å². The van der Waals surface area contributed by atoms with E-state index in [0.717, 1.165) is 16.9 Å². The minimum atomic E-state index is 0.111. The van der Waals surface area contributed by atoms with E-state index < -0.39 is 0 Å². The van der Waals surface area contributed by atoms with E-state index in [2.05, 4.69) is 29.6 Å². The minimum absolute atomic E-state index is 0.111. The van der Waals surface area contributed by atoms with Gasteiger partial charge in [-0.05, 0) is 42.3 Å². The average Bonchev–Trinajstić information content (AvgIpc) is 2.69. The monoisotopic (exact) mass is 399 g/mol. The molecule has 4 nitrogen and oxygen atoms in total. The maximum absolute atomic E-state index is 6.41. The van der Waals surface area contributed by atoms with Gasteiger partial charge in [-0.1, -0.05) is 41.9 Å². The van der Waals surface area contributed by atoms with Gasteiger partial charge in [-0.25, -0.2) is 0 Å². The Morgan fingerprint density at radius 3 is 2.32 bits per heavy atom. The highest BCUT2D eigenvalue weighted by atomic mass is 35.5. The number of hydrogen-bond donors (Lipinski definition) is 1. The normalized spacial score (nSPS) is 11.1. The molecule has 148 valence electrons. The summed E-state index contributed by atoms with van der Waals surface area (Å²) < 4.78 is 16.7. The minimum Gasteiger partial charge on any atom is -0.493 e. The fourth-order valence-corrected chi connectivity index (χ4v) is 3.44. The van der Waals surface area contributed by atoms with E-state index in [-0.39, 0.29) is 6.10 Å². The van der Waals surface area contributed by atoms with Crippen molar-refractivity contribution < 1.29 is 14.2 Å². The Kier molecular flexibility index (Phi) is 6.65. The molecule has 0 fully saturated rings. The molecule has 3 aromatic carbocycles. The maximum atomic E-state index is 6.41. The third kappa shape index (κ3) is 4.51. The van der Waals surface area contributed by atoms with E-state index in [0.29, 0.717) is 29.6 Å². The van der Waals surface area contributed by atoms with Gasteiger partial charge in [0.05, 0.1) is 20.3 Å². The molecule has 0 amide bonds. The largest absolute Gasteiger partial charge is 0.493 e. The Morgan fingerprint density at radius 1 is 0.893 bits per heavy atom. The van der Waals surface area contributed by atoms with Crippen molar-refractivity contribution in [2.75, 3.05) is 14.2 Å². The molecule has 0 saturated heterocycles. The molecule has 0 aliphatic rings. The van der Waals surface area contributed by atoms with Crippen molar-refractivity contribution in [3.8, 4) is 17.2 Å². The molecule has 0 aliphatic heterocycles. The lowest BCUT2D eigenvalue weighted by Gasteiger charge is -2.17. The van der Waals surface area contributed by atoms with Crippen LogP contribution in [0.1, 0.15) is 25.0 Å². The first-order chi connectivity index (χ1) is 13.5. The summed E-state index contributed by atoms with van der Waals surface area (Å²) in [4.78, 5) is 0. The van der Waals surface area contributed by atoms with Gasteiger partial charge in [0.2, 0.25) is 0 Å². The smallest absolute Gasteiger partial charge is 0.162 e. The summed E-state index contributed by atoms with van der Waals surface area (Å²) in [6.45, 7) is 5.34. The van der Waals surface area contributed by atoms with E-state index in [1.807, 2.05) is 32.0 Å². The molecule has 28 heavy (non-hydrogen) atoms. The van der Waals surface area contributed by atoms with Crippen molar-refractivity contribution in [3.05, 3.63) is 64.7 Å². The van der Waals surface area contributed by atoms with Gasteiger partial charge < -0.3 is 19.5 Å². The maximum Gasteiger partial charge on any atom is 0.162 e. The zero-order valence-corrected chi connectivity index (χ0v) is 17.5. The number of benzene rings is 3. The first-order valence-corrected chi connectivity index (χ1v) is 9.69. The van der Waals surface area contributed by atoms with Crippen molar-refractivity contribution in [2.45, 2.75) is 33.0 Å². The zero-order valence-electron chi connectivity index (χ0n) is 16.7. The van der Waals surface area contributed by atoms with Gasteiger partial charge in [0.15, 0.2) is 11.5 Å². The van der Waals surface area contributed by atoms with Crippen molar-refractivity contribution in [3.63, 3.8) is 0 Å². The number of ether oxygens (including phenoxy) is 3. The third-order valence-electron chi connectivity index (χ3n) is 4.53. The summed E-state index contributed by atoms with van der Waals surface area (Å²) >= 11 is 6.41. The molecule has 0 heterocycles. The lowest BCUT2D eigenvalue weighted by Crippen LogP contribution is -2.16. The van der Waals surface area contributed by atoms with Crippen LogP contribution in [0.25, 0.3) is 10.8 Å². The van der Waals surface area contributed by atoms with Crippen molar-refractivity contribution >= 4 is 22.4 Å². The number of nitrogens with one attached hydrogen (secondary N) is 1. The number of fused-ring (bicyclic) bond motifs is 1. The molecule has 0 saturated carbocycles. The van der Waals surface area contributed by atoms with Crippen LogP contribution < -0.4 is 19.5 Å². The van der Waals surface area contributed by atoms with E-state index in [1.165, 1.54) is 10.8 Å². The van der Waals surface area contributed by atoms with Crippen LogP contribution in [-0.4, -0.2) is 20.3 Å². The molecule has 3 rings (SSSR count).